The summed E-state index contributed by atoms with van der Waals surface area (Å²) >= 11 is 0. The molecule has 5 heteroatoms. The molecule has 0 spiro atoms. The summed E-state index contributed by atoms with van der Waals surface area (Å²) in [7, 11) is 5.87. The minimum atomic E-state index is -0.00963. The van der Waals surface area contributed by atoms with Gasteiger partial charge in [0.25, 0.3) is 0 Å². The van der Waals surface area contributed by atoms with E-state index in [1.165, 1.54) is 17.7 Å². The zero-order valence-electron chi connectivity index (χ0n) is 15.2. The molecule has 127 valence electrons. The van der Waals surface area contributed by atoms with Crippen molar-refractivity contribution < 1.29 is 4.57 Å². The lowest BCUT2D eigenvalue weighted by Crippen LogP contribution is -2.26. The average Bonchev–Trinajstić information content (AvgIpc) is 3.16. The molecule has 1 aliphatic heterocycles. The van der Waals surface area contributed by atoms with Crippen molar-refractivity contribution in [3.05, 3.63) is 42.5 Å². The first kappa shape index (κ1) is 17.1. The van der Waals surface area contributed by atoms with Crippen LogP contribution in [0.4, 0.5) is 11.4 Å². The Kier molecular flexibility index (Phi) is 4.47. The molecule has 1 fully saturated rings. The molecular formula is C19H28N4Si+. The van der Waals surface area contributed by atoms with Crippen LogP contribution >= 0.6 is 0 Å². The van der Waals surface area contributed by atoms with Gasteiger partial charge in [0, 0.05) is 34.6 Å². The summed E-state index contributed by atoms with van der Waals surface area (Å²) in [6.45, 7) is 8.79. The fraction of sp³-hybridized carbons (Fsp3) is 0.526. The molecule has 0 amide bonds. The number of nitrogens with two attached hydrogens (primary N) is 1. The molecule has 0 saturated carbocycles. The minimum Gasteiger partial charge on any atom is -0.398 e. The third-order valence-corrected chi connectivity index (χ3v) is 6.27. The van der Waals surface area contributed by atoms with Crippen molar-refractivity contribution in [1.82, 2.24) is 4.57 Å². The molecule has 0 aliphatic carbocycles. The topological polar surface area (TPSA) is 38.1 Å². The second-order valence-corrected chi connectivity index (χ2v) is 8.50. The van der Waals surface area contributed by atoms with Gasteiger partial charge in [-0.05, 0) is 34.7 Å². The highest BCUT2D eigenvalue weighted by Gasteiger charge is 2.30. The number of nitrogens with zero attached hydrogens (tertiary/aromatic N) is 3. The molecule has 1 aromatic heterocycles. The average molecular weight is 341 g/mol. The van der Waals surface area contributed by atoms with Crippen LogP contribution in [-0.4, -0.2) is 27.9 Å². The van der Waals surface area contributed by atoms with E-state index in [4.69, 9.17) is 5.73 Å². The Morgan fingerprint density at radius 2 is 2.12 bits per heavy atom. The van der Waals surface area contributed by atoms with E-state index in [1.54, 1.807) is 0 Å². The van der Waals surface area contributed by atoms with Gasteiger partial charge >= 0.3 is 0 Å². The largest absolute Gasteiger partial charge is 0.398 e. The molecule has 4 nitrogen and oxygen atoms in total. The number of aromatic nitrogens is 2. The standard InChI is InChI=1S/C19H28N4Si/c1-14(24)19(2,3)17-11-15(5-6-18(17)20)22-8-7-16(12-22)23-10-9-21(4)13-23/h5-6,9-11,13-14,16H,7-8,12,20H2,1-4H3/q+1. The number of hydrogen-bond acceptors (Lipinski definition) is 2. The molecule has 1 aliphatic rings. The monoisotopic (exact) mass is 340 g/mol. The number of nitrogen functional groups attached to an aromatic ring is 1. The van der Waals surface area contributed by atoms with E-state index in [1.807, 2.05) is 0 Å². The van der Waals surface area contributed by atoms with Gasteiger partial charge in [0.05, 0.1) is 13.6 Å². The van der Waals surface area contributed by atoms with Gasteiger partial charge in [-0.25, -0.2) is 9.13 Å². The maximum Gasteiger partial charge on any atom is 0.243 e. The van der Waals surface area contributed by atoms with Gasteiger partial charge < -0.3 is 10.6 Å². The van der Waals surface area contributed by atoms with Gasteiger partial charge in [-0.15, -0.1) is 0 Å². The number of anilines is 2. The zero-order chi connectivity index (χ0) is 17.5. The van der Waals surface area contributed by atoms with E-state index in [0.29, 0.717) is 11.6 Å². The second kappa shape index (κ2) is 6.28. The molecule has 2 atom stereocenters. The summed E-state index contributed by atoms with van der Waals surface area (Å²) in [5, 5.41) is 0. The van der Waals surface area contributed by atoms with Gasteiger partial charge in [-0.3, -0.25) is 0 Å². The summed E-state index contributed by atoms with van der Waals surface area (Å²) in [6, 6.07) is 7.04. The number of benzene rings is 1. The second-order valence-electron chi connectivity index (χ2n) is 7.63. The number of aryl methyl sites for hydroxylation is 1. The number of imidazole rings is 1. The first-order chi connectivity index (χ1) is 11.3. The van der Waals surface area contributed by atoms with Gasteiger partial charge in [0.2, 0.25) is 6.33 Å². The van der Waals surface area contributed by atoms with Crippen LogP contribution < -0.4 is 15.2 Å². The first-order valence-corrected chi connectivity index (χ1v) is 9.25. The van der Waals surface area contributed by atoms with Crippen LogP contribution in [-0.2, 0) is 12.5 Å². The van der Waals surface area contributed by atoms with Crippen molar-refractivity contribution in [2.45, 2.75) is 44.2 Å². The molecule has 2 heterocycles. The van der Waals surface area contributed by atoms with Crippen molar-refractivity contribution in [1.29, 1.82) is 0 Å². The van der Waals surface area contributed by atoms with Crippen molar-refractivity contribution in [3.8, 4) is 0 Å². The minimum absolute atomic E-state index is 0.00963. The van der Waals surface area contributed by atoms with Crippen molar-refractivity contribution in [3.63, 3.8) is 0 Å². The van der Waals surface area contributed by atoms with Crippen LogP contribution in [0.1, 0.15) is 38.8 Å². The summed E-state index contributed by atoms with van der Waals surface area (Å²) in [5.41, 5.74) is 10.00. The van der Waals surface area contributed by atoms with Gasteiger partial charge in [-0.1, -0.05) is 20.8 Å². The van der Waals surface area contributed by atoms with Gasteiger partial charge in [-0.2, -0.15) is 0 Å². The smallest absolute Gasteiger partial charge is 0.243 e. The normalized spacial score (nSPS) is 19.7. The highest BCUT2D eigenvalue weighted by molar-refractivity contribution is 6.12. The Bertz CT molecular complexity index is 720. The van der Waals surface area contributed by atoms with Crippen molar-refractivity contribution >= 4 is 21.6 Å². The van der Waals surface area contributed by atoms with Crippen molar-refractivity contribution in [2.24, 2.45) is 7.05 Å². The van der Waals surface area contributed by atoms with E-state index >= 15 is 0 Å². The van der Waals surface area contributed by atoms with Crippen molar-refractivity contribution in [2.75, 3.05) is 23.7 Å². The Morgan fingerprint density at radius 3 is 2.75 bits per heavy atom. The van der Waals surface area contributed by atoms with Crippen LogP contribution in [0.15, 0.2) is 36.9 Å². The Hall–Kier alpha value is -1.75. The summed E-state index contributed by atoms with van der Waals surface area (Å²) < 4.78 is 4.42. The number of hydrogen-bond donors (Lipinski definition) is 1. The van der Waals surface area contributed by atoms with Crippen LogP contribution in [0.25, 0.3) is 0 Å². The highest BCUT2D eigenvalue weighted by atomic mass is 28.1. The Morgan fingerprint density at radius 1 is 1.38 bits per heavy atom. The van der Waals surface area contributed by atoms with E-state index in [2.05, 4.69) is 89.0 Å². The van der Waals surface area contributed by atoms with E-state index in [0.717, 1.165) is 18.8 Å². The molecule has 1 saturated heterocycles. The molecule has 2 N–H and O–H groups in total. The lowest BCUT2D eigenvalue weighted by Gasteiger charge is -2.32. The third kappa shape index (κ3) is 3.09. The maximum absolute atomic E-state index is 6.29. The molecule has 3 rings (SSSR count). The summed E-state index contributed by atoms with van der Waals surface area (Å²) in [5.74, 6) is 0. The lowest BCUT2D eigenvalue weighted by atomic mass is 9.80. The highest BCUT2D eigenvalue weighted by Crippen LogP contribution is 2.39. The molecular weight excluding hydrogens is 312 g/mol. The van der Waals surface area contributed by atoms with Gasteiger partial charge in [0.1, 0.15) is 18.4 Å². The van der Waals surface area contributed by atoms with Crippen LogP contribution in [0.3, 0.4) is 0 Å². The van der Waals surface area contributed by atoms with E-state index in [9.17, 15) is 0 Å². The third-order valence-electron chi connectivity index (χ3n) is 5.55. The Balaban J connectivity index is 1.83. The molecule has 2 unspecified atom stereocenters. The number of rotatable bonds is 4. The lowest BCUT2D eigenvalue weighted by molar-refractivity contribution is -0.671. The SMILES string of the molecule is CC([Si])C(C)(C)c1cc(N2CCC(n3cc[n+](C)c3)C2)ccc1N. The maximum atomic E-state index is 6.29. The fourth-order valence-electron chi connectivity index (χ4n) is 3.44. The molecule has 0 bridgehead atoms. The summed E-state index contributed by atoms with van der Waals surface area (Å²) in [6.07, 6.45) is 7.60. The molecule has 24 heavy (non-hydrogen) atoms. The quantitative estimate of drug-likeness (QED) is 0.528. The zero-order valence-corrected chi connectivity index (χ0v) is 16.2. The van der Waals surface area contributed by atoms with Crippen LogP contribution in [0, 0.1) is 0 Å². The molecule has 2 aromatic rings. The van der Waals surface area contributed by atoms with Crippen LogP contribution in [0.2, 0.25) is 5.54 Å². The Labute approximate surface area is 148 Å². The van der Waals surface area contributed by atoms with E-state index in [-0.39, 0.29) is 5.41 Å². The predicted molar refractivity (Wildman–Crippen MR) is 101 cm³/mol. The first-order valence-electron chi connectivity index (χ1n) is 8.68. The summed E-state index contributed by atoms with van der Waals surface area (Å²) in [4.78, 5) is 2.47. The van der Waals surface area contributed by atoms with Gasteiger partial charge in [0.15, 0.2) is 0 Å². The molecule has 1 aromatic carbocycles. The van der Waals surface area contributed by atoms with E-state index < -0.39 is 0 Å². The fourth-order valence-corrected chi connectivity index (χ4v) is 3.59. The predicted octanol–water partition coefficient (Wildman–Crippen LogP) is 2.60. The van der Waals surface area contributed by atoms with Crippen LogP contribution in [0.5, 0.6) is 0 Å². The molecule has 3 radical (unpaired) electrons.